The second-order valence-corrected chi connectivity index (χ2v) is 9.50. The van der Waals surface area contributed by atoms with E-state index in [1.165, 1.54) is 29.5 Å². The molecular formula is C25H33N5O. The Balaban J connectivity index is 1.40. The van der Waals surface area contributed by atoms with Crippen LogP contribution in [0.1, 0.15) is 48.8 Å². The molecule has 6 heteroatoms. The minimum atomic E-state index is 0.121. The van der Waals surface area contributed by atoms with Crippen molar-refractivity contribution < 1.29 is 4.79 Å². The zero-order valence-corrected chi connectivity index (χ0v) is 19.0. The summed E-state index contributed by atoms with van der Waals surface area (Å²) in [6.45, 7) is 5.06. The molecule has 0 spiro atoms. The largest absolute Gasteiger partial charge is 0.355 e. The Labute approximate surface area is 184 Å². The number of pyridine rings is 1. The van der Waals surface area contributed by atoms with Gasteiger partial charge >= 0.3 is 0 Å². The van der Waals surface area contributed by atoms with E-state index < -0.39 is 0 Å². The Morgan fingerprint density at radius 1 is 1.26 bits per heavy atom. The van der Waals surface area contributed by atoms with Gasteiger partial charge in [-0.3, -0.25) is 14.9 Å². The summed E-state index contributed by atoms with van der Waals surface area (Å²) in [5, 5.41) is 11.6. The number of H-pyrrole nitrogens is 1. The zero-order valence-electron chi connectivity index (χ0n) is 19.0. The van der Waals surface area contributed by atoms with Gasteiger partial charge in [-0.2, -0.15) is 5.10 Å². The first kappa shape index (κ1) is 21.5. The van der Waals surface area contributed by atoms with Crippen LogP contribution in [0.5, 0.6) is 0 Å². The highest BCUT2D eigenvalue weighted by Gasteiger charge is 2.46. The minimum Gasteiger partial charge on any atom is -0.355 e. The van der Waals surface area contributed by atoms with Crippen LogP contribution in [0, 0.1) is 12.3 Å². The summed E-state index contributed by atoms with van der Waals surface area (Å²) < 4.78 is 0. The fraction of sp³-hybridized carbons (Fsp3) is 0.480. The molecular weight excluding hydrogens is 386 g/mol. The average molecular weight is 420 g/mol. The molecule has 6 nitrogen and oxygen atoms in total. The van der Waals surface area contributed by atoms with Crippen molar-refractivity contribution in [1.82, 2.24) is 25.4 Å². The van der Waals surface area contributed by atoms with Crippen LogP contribution in [-0.4, -0.2) is 52.7 Å². The number of fused-ring (bicyclic) bond motifs is 1. The molecule has 2 N–H and O–H groups in total. The molecule has 3 aromatic rings. The molecule has 0 aliphatic heterocycles. The van der Waals surface area contributed by atoms with E-state index in [-0.39, 0.29) is 23.3 Å². The molecule has 164 valence electrons. The van der Waals surface area contributed by atoms with Gasteiger partial charge < -0.3 is 10.2 Å². The highest BCUT2D eigenvalue weighted by Crippen LogP contribution is 2.56. The summed E-state index contributed by atoms with van der Waals surface area (Å²) in [7, 11) is 4.15. The summed E-state index contributed by atoms with van der Waals surface area (Å²) in [6.07, 6.45) is 9.34. The lowest BCUT2D eigenvalue weighted by Gasteiger charge is -2.27. The zero-order chi connectivity index (χ0) is 22.0. The number of aryl methyl sites for hydroxylation is 1. The van der Waals surface area contributed by atoms with E-state index in [2.05, 4.69) is 71.5 Å². The summed E-state index contributed by atoms with van der Waals surface area (Å²) in [4.78, 5) is 19.4. The van der Waals surface area contributed by atoms with E-state index >= 15 is 0 Å². The van der Waals surface area contributed by atoms with E-state index in [4.69, 9.17) is 0 Å². The van der Waals surface area contributed by atoms with Crippen molar-refractivity contribution in [2.24, 2.45) is 5.41 Å². The average Bonchev–Trinajstić information content (AvgIpc) is 3.31. The molecule has 4 rings (SSSR count). The Morgan fingerprint density at radius 3 is 2.74 bits per heavy atom. The lowest BCUT2D eigenvalue weighted by atomic mass is 9.82. The second-order valence-electron chi connectivity index (χ2n) is 9.50. The Hall–Kier alpha value is -2.73. The minimum absolute atomic E-state index is 0.121. The van der Waals surface area contributed by atoms with Crippen LogP contribution in [0.3, 0.4) is 0 Å². The van der Waals surface area contributed by atoms with Gasteiger partial charge in [0.2, 0.25) is 5.91 Å². The standard InChI is InChI=1S/C25H33N5O/c1-17-18(7-8-23-21(17)16-28-29-23)12-20(30(3)4)15-27-24(31)13-22(25(2)9-10-25)19-6-5-11-26-14-19/h5-8,11,14,16,20,22H,9-10,12-13,15H2,1-4H3,(H,27,31)(H,28,29)/t20-,22?/m0/s1. The first-order valence-corrected chi connectivity index (χ1v) is 11.1. The van der Waals surface area contributed by atoms with Crippen LogP contribution in [-0.2, 0) is 11.2 Å². The first-order valence-electron chi connectivity index (χ1n) is 11.1. The van der Waals surface area contributed by atoms with Gasteiger partial charge in [-0.15, -0.1) is 0 Å². The number of hydrogen-bond acceptors (Lipinski definition) is 4. The molecule has 1 aromatic carbocycles. The van der Waals surface area contributed by atoms with E-state index in [1.807, 2.05) is 18.5 Å². The van der Waals surface area contributed by atoms with Crippen LogP contribution in [0.2, 0.25) is 0 Å². The van der Waals surface area contributed by atoms with Crippen molar-refractivity contribution >= 4 is 16.8 Å². The van der Waals surface area contributed by atoms with Crippen molar-refractivity contribution in [2.45, 2.75) is 51.5 Å². The fourth-order valence-corrected chi connectivity index (χ4v) is 4.50. The first-order chi connectivity index (χ1) is 14.9. The van der Waals surface area contributed by atoms with E-state index in [0.29, 0.717) is 13.0 Å². The van der Waals surface area contributed by atoms with Gasteiger partial charge in [-0.05, 0) is 80.4 Å². The Bertz CT molecular complexity index is 1040. The van der Waals surface area contributed by atoms with Crippen LogP contribution < -0.4 is 5.32 Å². The number of amides is 1. The van der Waals surface area contributed by atoms with Gasteiger partial charge in [0, 0.05) is 36.8 Å². The molecule has 31 heavy (non-hydrogen) atoms. The molecule has 0 radical (unpaired) electrons. The van der Waals surface area contributed by atoms with Crippen molar-refractivity contribution in [3.05, 3.63) is 59.5 Å². The topological polar surface area (TPSA) is 73.9 Å². The molecule has 1 aliphatic carbocycles. The smallest absolute Gasteiger partial charge is 0.220 e. The third kappa shape index (κ3) is 4.79. The predicted octanol–water partition coefficient (Wildman–Crippen LogP) is 3.83. The molecule has 0 bridgehead atoms. The van der Waals surface area contributed by atoms with Crippen LogP contribution in [0.15, 0.2) is 42.9 Å². The van der Waals surface area contributed by atoms with Crippen molar-refractivity contribution in [1.29, 1.82) is 0 Å². The maximum atomic E-state index is 12.9. The van der Waals surface area contributed by atoms with E-state index in [1.54, 1.807) is 6.20 Å². The number of aromatic nitrogens is 3. The lowest BCUT2D eigenvalue weighted by Crippen LogP contribution is -2.42. The summed E-state index contributed by atoms with van der Waals surface area (Å²) in [5.74, 6) is 0.348. The maximum absolute atomic E-state index is 12.9. The van der Waals surface area contributed by atoms with Crippen molar-refractivity contribution in [3.63, 3.8) is 0 Å². The quantitative estimate of drug-likeness (QED) is 0.553. The number of benzene rings is 1. The number of nitrogens with zero attached hydrogens (tertiary/aromatic N) is 3. The van der Waals surface area contributed by atoms with Gasteiger partial charge in [-0.1, -0.05) is 19.1 Å². The number of carbonyl (C=O) groups excluding carboxylic acids is 1. The Kier molecular flexibility index (Phi) is 6.10. The molecule has 2 heterocycles. The Morgan fingerprint density at radius 2 is 2.06 bits per heavy atom. The maximum Gasteiger partial charge on any atom is 0.220 e. The number of rotatable bonds is 9. The number of nitrogens with one attached hydrogen (secondary N) is 2. The molecule has 1 aliphatic rings. The van der Waals surface area contributed by atoms with Gasteiger partial charge in [0.05, 0.1) is 11.7 Å². The molecule has 1 amide bonds. The number of likely N-dealkylation sites (N-methyl/N-ethyl adjacent to an activating group) is 1. The molecule has 0 saturated heterocycles. The lowest BCUT2D eigenvalue weighted by molar-refractivity contribution is -0.122. The van der Waals surface area contributed by atoms with E-state index in [0.717, 1.165) is 17.3 Å². The summed E-state index contributed by atoms with van der Waals surface area (Å²) in [5.41, 5.74) is 5.00. The van der Waals surface area contributed by atoms with E-state index in [9.17, 15) is 4.79 Å². The highest BCUT2D eigenvalue weighted by atomic mass is 16.1. The predicted molar refractivity (Wildman–Crippen MR) is 124 cm³/mol. The monoisotopic (exact) mass is 419 g/mol. The van der Waals surface area contributed by atoms with Gasteiger partial charge in [0.1, 0.15) is 0 Å². The number of hydrogen-bond donors (Lipinski definition) is 2. The van der Waals surface area contributed by atoms with Crippen molar-refractivity contribution in [3.8, 4) is 0 Å². The second kappa shape index (κ2) is 8.79. The fourth-order valence-electron chi connectivity index (χ4n) is 4.50. The number of carbonyl (C=O) groups is 1. The van der Waals surface area contributed by atoms with Gasteiger partial charge in [0.25, 0.3) is 0 Å². The molecule has 2 atom stereocenters. The molecule has 1 saturated carbocycles. The molecule has 2 aromatic heterocycles. The van der Waals surface area contributed by atoms with Crippen LogP contribution in [0.4, 0.5) is 0 Å². The summed E-state index contributed by atoms with van der Waals surface area (Å²) in [6, 6.07) is 8.55. The third-order valence-corrected chi connectivity index (χ3v) is 7.08. The van der Waals surface area contributed by atoms with Gasteiger partial charge in [0.15, 0.2) is 0 Å². The SMILES string of the molecule is Cc1c(C[C@@H](CNC(=O)CC(c2cccnc2)C2(C)CC2)N(C)C)ccc2[nH]ncc12. The molecule has 1 unspecified atom stereocenters. The summed E-state index contributed by atoms with van der Waals surface area (Å²) >= 11 is 0. The van der Waals surface area contributed by atoms with Crippen LogP contribution in [0.25, 0.3) is 10.9 Å². The normalized spacial score (nSPS) is 16.9. The van der Waals surface area contributed by atoms with Gasteiger partial charge in [-0.25, -0.2) is 0 Å². The number of aromatic amines is 1. The molecule has 1 fully saturated rings. The van der Waals surface area contributed by atoms with Crippen LogP contribution >= 0.6 is 0 Å². The third-order valence-electron chi connectivity index (χ3n) is 7.08. The highest BCUT2D eigenvalue weighted by molar-refractivity contribution is 5.82. The van der Waals surface area contributed by atoms with Crippen molar-refractivity contribution in [2.75, 3.05) is 20.6 Å².